The highest BCUT2D eigenvalue weighted by atomic mass is 16.3. The molecule has 72 valence electrons. The first-order chi connectivity index (χ1) is 6.25. The standard InChI is InChI=1S/C8H14N4O/c1-11-6-8(9-10-11)12-4-2-7(13)3-5-12/h6-7,13H,2-5H2,1H3. The molecule has 0 aromatic carbocycles. The maximum atomic E-state index is 9.31. The number of hydrogen-bond donors (Lipinski definition) is 1. The molecule has 1 aliphatic rings. The van der Waals surface area contributed by atoms with Crippen molar-refractivity contribution >= 4 is 5.82 Å². The highest BCUT2D eigenvalue weighted by Crippen LogP contribution is 2.16. The van der Waals surface area contributed by atoms with E-state index in [1.54, 1.807) is 4.68 Å². The van der Waals surface area contributed by atoms with Gasteiger partial charge in [0.25, 0.3) is 0 Å². The van der Waals surface area contributed by atoms with Crippen molar-refractivity contribution in [3.63, 3.8) is 0 Å². The molecule has 0 radical (unpaired) electrons. The van der Waals surface area contributed by atoms with Gasteiger partial charge in [0.05, 0.1) is 12.3 Å². The van der Waals surface area contributed by atoms with E-state index in [0.717, 1.165) is 31.7 Å². The monoisotopic (exact) mass is 182 g/mol. The van der Waals surface area contributed by atoms with E-state index >= 15 is 0 Å². The molecular weight excluding hydrogens is 168 g/mol. The molecule has 1 fully saturated rings. The SMILES string of the molecule is Cn1cc(N2CCC(O)CC2)nn1. The number of aliphatic hydroxyl groups excluding tert-OH is 1. The Morgan fingerprint density at radius 1 is 1.46 bits per heavy atom. The summed E-state index contributed by atoms with van der Waals surface area (Å²) in [4.78, 5) is 2.15. The van der Waals surface area contributed by atoms with E-state index in [1.807, 2.05) is 13.2 Å². The zero-order chi connectivity index (χ0) is 9.26. The summed E-state index contributed by atoms with van der Waals surface area (Å²) in [7, 11) is 1.86. The lowest BCUT2D eigenvalue weighted by molar-refractivity contribution is 0.145. The van der Waals surface area contributed by atoms with Gasteiger partial charge in [0.1, 0.15) is 0 Å². The quantitative estimate of drug-likeness (QED) is 0.652. The predicted molar refractivity (Wildman–Crippen MR) is 48.5 cm³/mol. The number of nitrogens with zero attached hydrogens (tertiary/aromatic N) is 4. The van der Waals surface area contributed by atoms with Gasteiger partial charge in [-0.05, 0) is 12.8 Å². The second kappa shape index (κ2) is 3.33. The van der Waals surface area contributed by atoms with Crippen molar-refractivity contribution in [3.8, 4) is 0 Å². The van der Waals surface area contributed by atoms with E-state index < -0.39 is 0 Å². The van der Waals surface area contributed by atoms with Gasteiger partial charge in [0.2, 0.25) is 0 Å². The summed E-state index contributed by atoms with van der Waals surface area (Å²) in [5, 5.41) is 17.2. The van der Waals surface area contributed by atoms with Crippen molar-refractivity contribution < 1.29 is 5.11 Å². The van der Waals surface area contributed by atoms with Crippen LogP contribution in [0.3, 0.4) is 0 Å². The lowest BCUT2D eigenvalue weighted by Crippen LogP contribution is -2.36. The first-order valence-electron chi connectivity index (χ1n) is 4.55. The third-order valence-corrected chi connectivity index (χ3v) is 2.38. The summed E-state index contributed by atoms with van der Waals surface area (Å²) in [6, 6.07) is 0. The van der Waals surface area contributed by atoms with Crippen molar-refractivity contribution in [2.75, 3.05) is 18.0 Å². The van der Waals surface area contributed by atoms with Crippen LogP contribution >= 0.6 is 0 Å². The second-order valence-corrected chi connectivity index (χ2v) is 3.47. The molecule has 13 heavy (non-hydrogen) atoms. The maximum absolute atomic E-state index is 9.31. The summed E-state index contributed by atoms with van der Waals surface area (Å²) >= 11 is 0. The molecule has 2 rings (SSSR count). The fourth-order valence-electron chi connectivity index (χ4n) is 1.57. The Labute approximate surface area is 77.0 Å². The van der Waals surface area contributed by atoms with E-state index in [9.17, 15) is 5.11 Å². The summed E-state index contributed by atoms with van der Waals surface area (Å²) < 4.78 is 1.69. The van der Waals surface area contributed by atoms with Crippen LogP contribution in [0.25, 0.3) is 0 Å². The zero-order valence-corrected chi connectivity index (χ0v) is 7.72. The van der Waals surface area contributed by atoms with Gasteiger partial charge in [-0.2, -0.15) is 0 Å². The average molecular weight is 182 g/mol. The minimum Gasteiger partial charge on any atom is -0.393 e. The summed E-state index contributed by atoms with van der Waals surface area (Å²) in [5.41, 5.74) is 0. The van der Waals surface area contributed by atoms with Crippen molar-refractivity contribution in [2.24, 2.45) is 7.05 Å². The summed E-state index contributed by atoms with van der Waals surface area (Å²) in [5.74, 6) is 0.911. The van der Waals surface area contributed by atoms with Crippen molar-refractivity contribution in [2.45, 2.75) is 18.9 Å². The van der Waals surface area contributed by atoms with Crippen LogP contribution in [0.4, 0.5) is 5.82 Å². The molecule has 0 aliphatic carbocycles. The Morgan fingerprint density at radius 3 is 2.69 bits per heavy atom. The van der Waals surface area contributed by atoms with E-state index in [1.165, 1.54) is 0 Å². The molecule has 0 spiro atoms. The number of hydrogen-bond acceptors (Lipinski definition) is 4. The van der Waals surface area contributed by atoms with Gasteiger partial charge in [0.15, 0.2) is 5.82 Å². The van der Waals surface area contributed by atoms with Gasteiger partial charge in [-0.3, -0.25) is 4.68 Å². The highest BCUT2D eigenvalue weighted by Gasteiger charge is 2.18. The van der Waals surface area contributed by atoms with Crippen molar-refractivity contribution in [1.29, 1.82) is 0 Å². The average Bonchev–Trinajstić information content (AvgIpc) is 2.53. The van der Waals surface area contributed by atoms with Crippen LogP contribution in [0.15, 0.2) is 6.20 Å². The van der Waals surface area contributed by atoms with E-state index in [0.29, 0.717) is 0 Å². The Balaban J connectivity index is 2.02. The molecule has 1 N–H and O–H groups in total. The predicted octanol–water partition coefficient (Wildman–Crippen LogP) is -0.224. The van der Waals surface area contributed by atoms with Crippen LogP contribution in [0.2, 0.25) is 0 Å². The smallest absolute Gasteiger partial charge is 0.171 e. The van der Waals surface area contributed by atoms with E-state index in [-0.39, 0.29) is 6.10 Å². The largest absolute Gasteiger partial charge is 0.393 e. The fourth-order valence-corrected chi connectivity index (χ4v) is 1.57. The number of aryl methyl sites for hydroxylation is 1. The third-order valence-electron chi connectivity index (χ3n) is 2.38. The van der Waals surface area contributed by atoms with Gasteiger partial charge >= 0.3 is 0 Å². The van der Waals surface area contributed by atoms with Crippen LogP contribution < -0.4 is 4.90 Å². The van der Waals surface area contributed by atoms with E-state index in [2.05, 4.69) is 15.2 Å². The number of aliphatic hydroxyl groups is 1. The Morgan fingerprint density at radius 2 is 2.15 bits per heavy atom. The summed E-state index contributed by atoms with van der Waals surface area (Å²) in [6.45, 7) is 1.75. The molecule has 1 saturated heterocycles. The van der Waals surface area contributed by atoms with Crippen LogP contribution in [-0.2, 0) is 7.05 Å². The Kier molecular flexibility index (Phi) is 2.18. The lowest BCUT2D eigenvalue weighted by atomic mass is 10.1. The zero-order valence-electron chi connectivity index (χ0n) is 7.72. The highest BCUT2D eigenvalue weighted by molar-refractivity contribution is 5.34. The molecular formula is C8H14N4O. The molecule has 5 heteroatoms. The van der Waals surface area contributed by atoms with Crippen LogP contribution in [0.5, 0.6) is 0 Å². The van der Waals surface area contributed by atoms with Gasteiger partial charge < -0.3 is 10.0 Å². The first-order valence-corrected chi connectivity index (χ1v) is 4.55. The number of piperidine rings is 1. The summed E-state index contributed by atoms with van der Waals surface area (Å²) in [6.07, 6.45) is 3.43. The first kappa shape index (κ1) is 8.50. The molecule has 2 heterocycles. The Bertz CT molecular complexity index is 277. The minimum absolute atomic E-state index is 0.132. The minimum atomic E-state index is -0.132. The van der Waals surface area contributed by atoms with Crippen molar-refractivity contribution in [1.82, 2.24) is 15.0 Å². The number of anilines is 1. The molecule has 0 unspecified atom stereocenters. The molecule has 0 saturated carbocycles. The van der Waals surface area contributed by atoms with E-state index in [4.69, 9.17) is 0 Å². The van der Waals surface area contributed by atoms with Crippen LogP contribution in [-0.4, -0.2) is 39.3 Å². The van der Waals surface area contributed by atoms with Gasteiger partial charge in [0, 0.05) is 20.1 Å². The normalized spacial score (nSPS) is 19.4. The fraction of sp³-hybridized carbons (Fsp3) is 0.750. The van der Waals surface area contributed by atoms with Crippen LogP contribution in [0.1, 0.15) is 12.8 Å². The maximum Gasteiger partial charge on any atom is 0.171 e. The Hall–Kier alpha value is -1.10. The second-order valence-electron chi connectivity index (χ2n) is 3.47. The number of aromatic nitrogens is 3. The van der Waals surface area contributed by atoms with Gasteiger partial charge in [-0.25, -0.2) is 0 Å². The molecule has 0 amide bonds. The molecule has 0 bridgehead atoms. The van der Waals surface area contributed by atoms with Crippen LogP contribution in [0, 0.1) is 0 Å². The third kappa shape index (κ3) is 1.80. The molecule has 1 aliphatic heterocycles. The van der Waals surface area contributed by atoms with Crippen molar-refractivity contribution in [3.05, 3.63) is 6.20 Å². The molecule has 1 aromatic heterocycles. The molecule has 1 aromatic rings. The van der Waals surface area contributed by atoms with Gasteiger partial charge in [-0.1, -0.05) is 5.21 Å². The molecule has 0 atom stereocenters. The topological polar surface area (TPSA) is 54.2 Å². The van der Waals surface area contributed by atoms with Gasteiger partial charge in [-0.15, -0.1) is 5.10 Å². The molecule has 5 nitrogen and oxygen atoms in total. The number of rotatable bonds is 1. The lowest BCUT2D eigenvalue weighted by Gasteiger charge is -2.28.